The van der Waals surface area contributed by atoms with Crippen molar-refractivity contribution in [3.05, 3.63) is 23.8 Å². The van der Waals surface area contributed by atoms with Gasteiger partial charge in [0.2, 0.25) is 0 Å². The quantitative estimate of drug-likeness (QED) is 0.614. The van der Waals surface area contributed by atoms with Gasteiger partial charge in [-0.1, -0.05) is 47.6 Å². The molecule has 0 spiro atoms. The van der Waals surface area contributed by atoms with Crippen LogP contribution in [0.1, 0.15) is 47.1 Å². The number of aliphatic hydroxyl groups is 1. The fourth-order valence-electron chi connectivity index (χ4n) is 1.86. The molecular formula is C20H38O3Si2. The van der Waals surface area contributed by atoms with Gasteiger partial charge in [0.15, 0.2) is 0 Å². The highest BCUT2D eigenvalue weighted by atomic mass is 28.4. The van der Waals surface area contributed by atoms with Gasteiger partial charge in [0.05, 0.1) is 0 Å². The molecule has 1 aromatic carbocycles. The molecule has 1 rings (SSSR count). The van der Waals surface area contributed by atoms with E-state index in [1.165, 1.54) is 0 Å². The number of aliphatic hydroxyl groups excluding tert-OH is 1. The molecule has 0 aliphatic heterocycles. The summed E-state index contributed by atoms with van der Waals surface area (Å²) in [5.41, 5.74) is 1.08. The minimum atomic E-state index is -1.97. The minimum Gasteiger partial charge on any atom is -0.541 e. The van der Waals surface area contributed by atoms with Gasteiger partial charge < -0.3 is 14.0 Å². The van der Waals surface area contributed by atoms with Crippen molar-refractivity contribution in [3.63, 3.8) is 0 Å². The Kier molecular flexibility index (Phi) is 6.63. The number of benzene rings is 1. The first-order valence-electron chi connectivity index (χ1n) is 9.22. The minimum absolute atomic E-state index is 0.119. The maximum atomic E-state index is 9.28. The van der Waals surface area contributed by atoms with Gasteiger partial charge in [0, 0.05) is 6.61 Å². The standard InChI is InChI=1S/C20H38O3Si2/c1-19(2,3)24(7,8)22-17-12-11-16(13-14-21)15-18(17)23-25(9,10)20(4,5)6/h11-12,15,21H,13-14H2,1-10H3. The summed E-state index contributed by atoms with van der Waals surface area (Å²) in [6.45, 7) is 22.6. The molecule has 5 heteroatoms. The fraction of sp³-hybridized carbons (Fsp3) is 0.700. The van der Waals surface area contributed by atoms with Crippen LogP contribution in [-0.4, -0.2) is 28.3 Å². The summed E-state index contributed by atoms with van der Waals surface area (Å²) in [7, 11) is -3.92. The number of hydrogen-bond acceptors (Lipinski definition) is 3. The Balaban J connectivity index is 3.30. The van der Waals surface area contributed by atoms with Crippen molar-refractivity contribution >= 4 is 16.6 Å². The van der Waals surface area contributed by atoms with E-state index in [2.05, 4.69) is 73.8 Å². The molecule has 0 saturated heterocycles. The van der Waals surface area contributed by atoms with Gasteiger partial charge in [-0.3, -0.25) is 0 Å². The van der Waals surface area contributed by atoms with Crippen LogP contribution in [0.5, 0.6) is 11.5 Å². The SMILES string of the molecule is CC(C)(C)[Si](C)(C)Oc1ccc(CCO)cc1O[Si](C)(C)C(C)(C)C. The average Bonchev–Trinajstić information content (AvgIpc) is 2.39. The predicted molar refractivity (Wildman–Crippen MR) is 113 cm³/mol. The van der Waals surface area contributed by atoms with Crippen molar-refractivity contribution in [3.8, 4) is 11.5 Å². The zero-order chi connectivity index (χ0) is 19.7. The van der Waals surface area contributed by atoms with Crippen LogP contribution in [0.2, 0.25) is 36.3 Å². The second kappa shape index (κ2) is 7.45. The first kappa shape index (κ1) is 22.3. The lowest BCUT2D eigenvalue weighted by Crippen LogP contribution is -2.45. The highest BCUT2D eigenvalue weighted by Crippen LogP contribution is 2.43. The van der Waals surface area contributed by atoms with Gasteiger partial charge >= 0.3 is 0 Å². The van der Waals surface area contributed by atoms with E-state index in [4.69, 9.17) is 8.85 Å². The number of hydrogen-bond donors (Lipinski definition) is 1. The third-order valence-electron chi connectivity index (χ3n) is 5.75. The fourth-order valence-corrected chi connectivity index (χ4v) is 3.90. The van der Waals surface area contributed by atoms with E-state index in [1.807, 2.05) is 12.1 Å². The van der Waals surface area contributed by atoms with E-state index in [0.717, 1.165) is 17.1 Å². The summed E-state index contributed by atoms with van der Waals surface area (Å²) in [6, 6.07) is 6.12. The van der Waals surface area contributed by atoms with Gasteiger partial charge in [0.1, 0.15) is 11.5 Å². The molecule has 0 bridgehead atoms. The molecule has 0 saturated carbocycles. The van der Waals surface area contributed by atoms with Crippen LogP contribution in [0.25, 0.3) is 0 Å². The zero-order valence-electron chi connectivity index (χ0n) is 17.9. The summed E-state index contributed by atoms with van der Waals surface area (Å²) in [5, 5.41) is 9.53. The highest BCUT2D eigenvalue weighted by Gasteiger charge is 2.42. The molecule has 3 nitrogen and oxygen atoms in total. The normalized spacial score (nSPS) is 13.7. The topological polar surface area (TPSA) is 38.7 Å². The van der Waals surface area contributed by atoms with Gasteiger partial charge in [-0.2, -0.15) is 0 Å². The number of rotatable bonds is 6. The van der Waals surface area contributed by atoms with Crippen molar-refractivity contribution in [2.24, 2.45) is 0 Å². The van der Waals surface area contributed by atoms with Crippen LogP contribution in [-0.2, 0) is 6.42 Å². The van der Waals surface area contributed by atoms with Crippen LogP contribution >= 0.6 is 0 Å². The van der Waals surface area contributed by atoms with Crippen LogP contribution in [0, 0.1) is 0 Å². The van der Waals surface area contributed by atoms with Gasteiger partial charge in [-0.05, 0) is 60.4 Å². The van der Waals surface area contributed by atoms with Crippen LogP contribution < -0.4 is 8.85 Å². The van der Waals surface area contributed by atoms with E-state index in [1.54, 1.807) is 0 Å². The second-order valence-electron chi connectivity index (χ2n) is 9.98. The van der Waals surface area contributed by atoms with E-state index < -0.39 is 16.6 Å². The highest BCUT2D eigenvalue weighted by molar-refractivity contribution is 6.75. The van der Waals surface area contributed by atoms with Gasteiger partial charge in [-0.15, -0.1) is 0 Å². The third kappa shape index (κ3) is 5.59. The molecule has 0 fully saturated rings. The summed E-state index contributed by atoms with van der Waals surface area (Å²) < 4.78 is 13.2. The van der Waals surface area contributed by atoms with Crippen molar-refractivity contribution in [1.82, 2.24) is 0 Å². The average molecular weight is 383 g/mol. The first-order chi connectivity index (χ1) is 11.1. The summed E-state index contributed by atoms with van der Waals surface area (Å²) in [6.07, 6.45) is 0.633. The largest absolute Gasteiger partial charge is 0.541 e. The van der Waals surface area contributed by atoms with Crippen molar-refractivity contribution < 1.29 is 14.0 Å². The molecule has 0 atom stereocenters. The Morgan fingerprint density at radius 3 is 1.64 bits per heavy atom. The molecule has 0 aliphatic rings. The Bertz CT molecular complexity index is 582. The Labute approximate surface area is 157 Å². The Morgan fingerprint density at radius 1 is 0.800 bits per heavy atom. The molecule has 144 valence electrons. The molecule has 1 N–H and O–H groups in total. The van der Waals surface area contributed by atoms with Gasteiger partial charge in [-0.25, -0.2) is 0 Å². The van der Waals surface area contributed by atoms with Crippen LogP contribution in [0.4, 0.5) is 0 Å². The monoisotopic (exact) mass is 382 g/mol. The Morgan fingerprint density at radius 2 is 1.24 bits per heavy atom. The van der Waals surface area contributed by atoms with Crippen molar-refractivity contribution in [2.45, 2.75) is 84.2 Å². The molecule has 25 heavy (non-hydrogen) atoms. The summed E-state index contributed by atoms with van der Waals surface area (Å²) >= 11 is 0. The summed E-state index contributed by atoms with van der Waals surface area (Å²) in [5.74, 6) is 1.68. The zero-order valence-corrected chi connectivity index (χ0v) is 19.9. The van der Waals surface area contributed by atoms with Crippen LogP contribution in [0.15, 0.2) is 18.2 Å². The van der Waals surface area contributed by atoms with E-state index >= 15 is 0 Å². The van der Waals surface area contributed by atoms with Crippen LogP contribution in [0.3, 0.4) is 0 Å². The smallest absolute Gasteiger partial charge is 0.250 e. The van der Waals surface area contributed by atoms with Gasteiger partial charge in [0.25, 0.3) is 16.6 Å². The van der Waals surface area contributed by atoms with Crippen molar-refractivity contribution in [2.75, 3.05) is 6.61 Å². The lowest BCUT2D eigenvalue weighted by molar-refractivity contribution is 0.299. The van der Waals surface area contributed by atoms with E-state index in [-0.39, 0.29) is 16.7 Å². The third-order valence-corrected chi connectivity index (χ3v) is 14.4. The van der Waals surface area contributed by atoms with Crippen molar-refractivity contribution in [1.29, 1.82) is 0 Å². The molecule has 0 amide bonds. The first-order valence-corrected chi connectivity index (χ1v) is 15.0. The summed E-state index contributed by atoms with van der Waals surface area (Å²) in [4.78, 5) is 0. The molecule has 0 aromatic heterocycles. The molecule has 1 aromatic rings. The lowest BCUT2D eigenvalue weighted by Gasteiger charge is -2.39. The second-order valence-corrected chi connectivity index (χ2v) is 19.4. The maximum absolute atomic E-state index is 9.28. The maximum Gasteiger partial charge on any atom is 0.250 e. The molecular weight excluding hydrogens is 344 g/mol. The Hall–Kier alpha value is -0.786. The van der Waals surface area contributed by atoms with E-state index in [9.17, 15) is 5.11 Å². The molecule has 0 aliphatic carbocycles. The molecule has 0 radical (unpaired) electrons. The molecule has 0 heterocycles. The van der Waals surface area contributed by atoms with E-state index in [0.29, 0.717) is 6.42 Å². The predicted octanol–water partition coefficient (Wildman–Crippen LogP) is 5.99. The lowest BCUT2D eigenvalue weighted by atomic mass is 10.1. The molecule has 0 unspecified atom stereocenters.